The number of esters is 1. The fraction of sp³-hybridized carbons (Fsp3) is 0.800. The maximum Gasteiger partial charge on any atom is 0.330 e. The molecule has 314 valence electrons. The molecule has 4 N–H and O–H groups in total. The van der Waals surface area contributed by atoms with E-state index >= 15 is 0 Å². The first-order valence-corrected chi connectivity index (χ1v) is 21.1. The molecule has 0 aliphatic carbocycles. The molecule has 55 heavy (non-hydrogen) atoms. The van der Waals surface area contributed by atoms with Gasteiger partial charge in [-0.25, -0.2) is 4.79 Å². The Labute approximate surface area is 331 Å². The molecule has 2 bridgehead atoms. The van der Waals surface area contributed by atoms with Crippen LogP contribution >= 0.6 is 0 Å². The van der Waals surface area contributed by atoms with Gasteiger partial charge in [-0.05, 0) is 63.2 Å². The molecule has 0 aromatic carbocycles. The van der Waals surface area contributed by atoms with E-state index < -0.39 is 77.6 Å². The Morgan fingerprint density at radius 3 is 1.96 bits per heavy atom. The van der Waals surface area contributed by atoms with Gasteiger partial charge in [0.15, 0.2) is 5.79 Å². The van der Waals surface area contributed by atoms with Crippen molar-refractivity contribution < 1.29 is 49.0 Å². The lowest BCUT2D eigenvalue weighted by atomic mass is 9.74. The number of hydrogen-bond acceptors (Lipinski definition) is 10. The Kier molecular flexibility index (Phi) is 18.0. The van der Waals surface area contributed by atoms with E-state index in [1.54, 1.807) is 47.6 Å². The van der Waals surface area contributed by atoms with Crippen LogP contribution in [0.3, 0.4) is 0 Å². The fourth-order valence-electron chi connectivity index (χ4n) is 8.95. The fourth-order valence-corrected chi connectivity index (χ4v) is 8.95. The number of carbonyl (C=O) groups excluding carboxylic acids is 3. The van der Waals surface area contributed by atoms with Crippen LogP contribution in [0.25, 0.3) is 0 Å². The summed E-state index contributed by atoms with van der Waals surface area (Å²) in [6.45, 7) is 20.1. The highest BCUT2D eigenvalue weighted by atomic mass is 16.7. The standard InChI is InChI=1S/C45H74O10/c1-12-35-17-15-13-14-16-26(3)39(48)30(7)41(50)32(9)43(52)33(10)42(51)31(8)40(49)27(4)18-21-38(47)53-44-29(6)36(20-19-35)54-45(34(44)11)23-22-25(2)37(55-45)24-28(5)46/h13-15,17-18,21,25-37,39-40,43-44,46,48-49,52H,12,16,19-20,22-24H2,1-11H3/b14-13+,17-15+,21-18+/t25-,26+,27-,28+,29+,30-,31-,32+,33-,34-,35-,36-,37-,39-,40+,43-,44+,45-/m1/s1. The van der Waals surface area contributed by atoms with Gasteiger partial charge in [-0.1, -0.05) is 99.6 Å². The summed E-state index contributed by atoms with van der Waals surface area (Å²) in [6, 6.07) is 0. The van der Waals surface area contributed by atoms with E-state index in [0.29, 0.717) is 19.3 Å². The number of fused-ring (bicyclic) bond motifs is 2. The van der Waals surface area contributed by atoms with Crippen molar-refractivity contribution in [3.05, 3.63) is 36.5 Å². The van der Waals surface area contributed by atoms with Crippen molar-refractivity contribution in [2.24, 2.45) is 59.2 Å². The summed E-state index contributed by atoms with van der Waals surface area (Å²) >= 11 is 0. The first kappa shape index (κ1) is 47.2. The molecule has 0 amide bonds. The molecule has 3 heterocycles. The lowest BCUT2D eigenvalue weighted by Crippen LogP contribution is -2.62. The highest BCUT2D eigenvalue weighted by Gasteiger charge is 2.56. The number of rotatable bonds is 3. The molecule has 0 unspecified atom stereocenters. The number of ketones is 2. The van der Waals surface area contributed by atoms with Gasteiger partial charge in [0, 0.05) is 53.9 Å². The quantitative estimate of drug-likeness (QED) is 0.226. The molecule has 2 fully saturated rings. The first-order chi connectivity index (χ1) is 25.8. The zero-order chi connectivity index (χ0) is 41.4. The zero-order valence-corrected chi connectivity index (χ0v) is 35.5. The smallest absolute Gasteiger partial charge is 0.330 e. The molecule has 3 aliphatic heterocycles. The van der Waals surface area contributed by atoms with Crippen LogP contribution in [-0.2, 0) is 28.6 Å². The van der Waals surface area contributed by atoms with Crippen molar-refractivity contribution in [3.63, 3.8) is 0 Å². The molecule has 0 aromatic rings. The summed E-state index contributed by atoms with van der Waals surface area (Å²) in [4.78, 5) is 40.4. The normalized spacial score (nSPS) is 46.1. The van der Waals surface area contributed by atoms with E-state index in [2.05, 4.69) is 26.8 Å². The maximum absolute atomic E-state index is 13.5. The monoisotopic (exact) mass is 775 g/mol. The summed E-state index contributed by atoms with van der Waals surface area (Å²) < 4.78 is 20.0. The summed E-state index contributed by atoms with van der Waals surface area (Å²) in [5, 5.41) is 43.8. The van der Waals surface area contributed by atoms with E-state index in [-0.39, 0.29) is 47.6 Å². The lowest BCUT2D eigenvalue weighted by Gasteiger charge is -2.55. The second kappa shape index (κ2) is 21.0. The van der Waals surface area contributed by atoms with Gasteiger partial charge >= 0.3 is 5.97 Å². The Morgan fingerprint density at radius 2 is 1.36 bits per heavy atom. The predicted octanol–water partition coefficient (Wildman–Crippen LogP) is 6.77. The van der Waals surface area contributed by atoms with Gasteiger partial charge in [-0.3, -0.25) is 9.59 Å². The summed E-state index contributed by atoms with van der Waals surface area (Å²) in [7, 11) is 0. The van der Waals surface area contributed by atoms with Crippen LogP contribution in [-0.4, -0.2) is 86.5 Å². The van der Waals surface area contributed by atoms with Gasteiger partial charge in [-0.2, -0.15) is 0 Å². The maximum atomic E-state index is 13.5. The van der Waals surface area contributed by atoms with Gasteiger partial charge < -0.3 is 34.6 Å². The molecule has 0 saturated carbocycles. The molecule has 2 saturated heterocycles. The molecular formula is C45H74O10. The SMILES string of the molecule is CC[C@@H]1/C=C/C=C/C[C@H](C)[C@@H](O)[C@@H](C)C(=O)[C@H](C)[C@@H](O)[C@H](C)C(=O)[C@H](C)[C@@H](O)[C@H](C)/C=C/C(=O)O[C@H]2[C@@H](C)[C@@H](CC1)O[C@@]1(CC[C@@H](C)[C@@H](C[C@H](C)O)O1)[C@@H]2C. The third kappa shape index (κ3) is 11.9. The number of carbonyl (C=O) groups is 3. The predicted molar refractivity (Wildman–Crippen MR) is 213 cm³/mol. The van der Waals surface area contributed by atoms with Crippen molar-refractivity contribution in [2.45, 2.75) is 170 Å². The van der Waals surface area contributed by atoms with Crippen LogP contribution < -0.4 is 0 Å². The Balaban J connectivity index is 1.97. The van der Waals surface area contributed by atoms with Crippen LogP contribution in [0.2, 0.25) is 0 Å². The van der Waals surface area contributed by atoms with Crippen molar-refractivity contribution in [3.8, 4) is 0 Å². The number of ether oxygens (including phenoxy) is 3. The van der Waals surface area contributed by atoms with E-state index in [1.165, 1.54) is 6.08 Å². The van der Waals surface area contributed by atoms with Crippen LogP contribution in [0.1, 0.15) is 121 Å². The molecule has 10 nitrogen and oxygen atoms in total. The van der Waals surface area contributed by atoms with Crippen LogP contribution in [0, 0.1) is 59.2 Å². The second-order valence-corrected chi connectivity index (χ2v) is 17.7. The third-order valence-electron chi connectivity index (χ3n) is 13.4. The Hall–Kier alpha value is -2.21. The highest BCUT2D eigenvalue weighted by Crippen LogP contribution is 2.49. The third-order valence-corrected chi connectivity index (χ3v) is 13.4. The molecule has 18 atom stereocenters. The Bertz CT molecular complexity index is 1340. The summed E-state index contributed by atoms with van der Waals surface area (Å²) in [5.41, 5.74) is 0. The van der Waals surface area contributed by atoms with Crippen LogP contribution in [0.15, 0.2) is 36.5 Å². The minimum Gasteiger partial charge on any atom is -0.458 e. The summed E-state index contributed by atoms with van der Waals surface area (Å²) in [5.74, 6) is -6.53. The van der Waals surface area contributed by atoms with Gasteiger partial charge in [0.05, 0.1) is 36.6 Å². The average molecular weight is 775 g/mol. The number of Topliss-reactive ketones (excluding diaryl/α,β-unsaturated/α-hetero) is 2. The lowest BCUT2D eigenvalue weighted by molar-refractivity contribution is -0.371. The Morgan fingerprint density at radius 1 is 0.764 bits per heavy atom. The van der Waals surface area contributed by atoms with Crippen molar-refractivity contribution in [1.82, 2.24) is 0 Å². The van der Waals surface area contributed by atoms with E-state index in [4.69, 9.17) is 14.2 Å². The van der Waals surface area contributed by atoms with Gasteiger partial charge in [0.25, 0.3) is 0 Å². The topological polar surface area (TPSA) is 160 Å². The first-order valence-electron chi connectivity index (χ1n) is 21.1. The number of aliphatic hydroxyl groups is 4. The molecule has 0 aromatic heterocycles. The molecule has 3 aliphatic rings. The molecular weight excluding hydrogens is 700 g/mol. The number of allylic oxidation sites excluding steroid dienone is 4. The molecule has 3 rings (SSSR count). The van der Waals surface area contributed by atoms with Crippen molar-refractivity contribution in [1.29, 1.82) is 0 Å². The molecule has 1 spiro atoms. The van der Waals surface area contributed by atoms with Crippen LogP contribution in [0.5, 0.6) is 0 Å². The molecule has 0 radical (unpaired) electrons. The minimum absolute atomic E-state index is 0.144. The van der Waals surface area contributed by atoms with Gasteiger partial charge in [0.2, 0.25) is 0 Å². The van der Waals surface area contributed by atoms with Gasteiger partial charge in [-0.15, -0.1) is 0 Å². The van der Waals surface area contributed by atoms with E-state index in [9.17, 15) is 34.8 Å². The highest BCUT2D eigenvalue weighted by molar-refractivity contribution is 5.87. The summed E-state index contributed by atoms with van der Waals surface area (Å²) in [6.07, 6.45) is 11.1. The van der Waals surface area contributed by atoms with Crippen LogP contribution in [0.4, 0.5) is 0 Å². The zero-order valence-electron chi connectivity index (χ0n) is 35.5. The van der Waals surface area contributed by atoms with Crippen molar-refractivity contribution in [2.75, 3.05) is 0 Å². The number of aliphatic hydroxyl groups excluding tert-OH is 4. The number of hydrogen-bond donors (Lipinski definition) is 4. The largest absolute Gasteiger partial charge is 0.458 e. The van der Waals surface area contributed by atoms with E-state index in [0.717, 1.165) is 25.7 Å². The minimum atomic E-state index is -1.30. The average Bonchev–Trinajstić information content (AvgIpc) is 3.16. The second-order valence-electron chi connectivity index (χ2n) is 17.7. The van der Waals surface area contributed by atoms with Gasteiger partial charge in [0.1, 0.15) is 17.7 Å². The van der Waals surface area contributed by atoms with Crippen molar-refractivity contribution >= 4 is 17.5 Å². The van der Waals surface area contributed by atoms with E-state index in [1.807, 2.05) is 32.1 Å². The molecule has 10 heteroatoms.